The van der Waals surface area contributed by atoms with E-state index in [9.17, 15) is 0 Å². The quantitative estimate of drug-likeness (QED) is 0.273. The first-order chi connectivity index (χ1) is 3.46. The molecule has 9 heavy (non-hydrogen) atoms. The van der Waals surface area contributed by atoms with E-state index in [2.05, 4.69) is 0 Å². The van der Waals surface area contributed by atoms with Crippen molar-refractivity contribution in [2.75, 3.05) is 0 Å². The Morgan fingerprint density at radius 2 is 0.778 bits per heavy atom. The van der Waals surface area contributed by atoms with Gasteiger partial charge in [0, 0.05) is 0 Å². The normalized spacial score (nSPS) is 7.78. The molecule has 0 saturated carbocycles. The molecule has 0 saturated heterocycles. The van der Waals surface area contributed by atoms with E-state index >= 15 is 0 Å². The van der Waals surface area contributed by atoms with Crippen molar-refractivity contribution in [3.8, 4) is 0 Å². The Morgan fingerprint density at radius 3 is 0.778 bits per heavy atom. The second-order valence-corrected chi connectivity index (χ2v) is 1.22. The predicted octanol–water partition coefficient (Wildman–Crippen LogP) is -5.00. The van der Waals surface area contributed by atoms with Crippen LogP contribution in [-0.4, -0.2) is 26.6 Å². The van der Waals surface area contributed by atoms with E-state index in [1.807, 2.05) is 0 Å². The molecule has 0 N–H and O–H groups in total. The van der Waals surface area contributed by atoms with Gasteiger partial charge in [-0.15, -0.1) is 22.7 Å². The Balaban J connectivity index is -0.0000000720. The maximum atomic E-state index is 8.44. The summed E-state index contributed by atoms with van der Waals surface area (Å²) in [6, 6.07) is 0. The van der Waals surface area contributed by atoms with Crippen molar-refractivity contribution in [1.82, 2.24) is 0 Å². The van der Waals surface area contributed by atoms with Crippen LogP contribution in [0.25, 0.3) is 0 Å². The van der Waals surface area contributed by atoms with E-state index < -0.39 is 22.7 Å². The SMILES string of the molecule is O=S([O-])[O-].O=S([O-])[O-].[Na+]. The fraction of sp³-hybridized carbons (Fsp3) is 0. The number of rotatable bonds is 0. The largest absolute Gasteiger partial charge is 1.00 e. The average molecular weight is 183 g/mol. The number of hydrogen-bond acceptors (Lipinski definition) is 6. The molecule has 0 aliphatic carbocycles. The maximum absolute atomic E-state index is 8.44. The first-order valence-electron chi connectivity index (χ1n) is 1.00. The molecule has 0 radical (unpaired) electrons. The van der Waals surface area contributed by atoms with E-state index in [1.54, 1.807) is 0 Å². The van der Waals surface area contributed by atoms with Crippen LogP contribution < -0.4 is 29.6 Å². The molecule has 6 nitrogen and oxygen atoms in total. The Kier molecular flexibility index (Phi) is 21.9. The zero-order chi connectivity index (χ0) is 7.15. The van der Waals surface area contributed by atoms with Crippen molar-refractivity contribution in [2.45, 2.75) is 0 Å². The fourth-order valence-electron chi connectivity index (χ4n) is 0. The molecule has 0 aliphatic rings. The van der Waals surface area contributed by atoms with E-state index in [0.717, 1.165) is 0 Å². The van der Waals surface area contributed by atoms with Gasteiger partial charge in [-0.1, -0.05) is 0 Å². The third-order valence-electron chi connectivity index (χ3n) is 0. The summed E-state index contributed by atoms with van der Waals surface area (Å²) in [7, 11) is 0. The van der Waals surface area contributed by atoms with Crippen LogP contribution in [0.15, 0.2) is 0 Å². The summed E-state index contributed by atoms with van der Waals surface area (Å²) in [5, 5.41) is 0. The van der Waals surface area contributed by atoms with Gasteiger partial charge in [0.05, 0.1) is 0 Å². The predicted molar refractivity (Wildman–Crippen MR) is 19.4 cm³/mol. The molecule has 0 spiro atoms. The molecule has 0 atom stereocenters. The van der Waals surface area contributed by atoms with Crippen LogP contribution in [0.5, 0.6) is 0 Å². The van der Waals surface area contributed by atoms with Gasteiger partial charge in [-0.3, -0.25) is 8.42 Å². The molecule has 0 aromatic rings. The smallest absolute Gasteiger partial charge is 0.784 e. The molecule has 0 heterocycles. The summed E-state index contributed by atoms with van der Waals surface area (Å²) in [4.78, 5) is 0. The molecule has 0 rings (SSSR count). The first-order valence-corrected chi connectivity index (χ1v) is 3.00. The second kappa shape index (κ2) is 11.9. The molecule has 9 heteroatoms. The number of hydrogen-bond donors (Lipinski definition) is 0. The summed E-state index contributed by atoms with van der Waals surface area (Å²) >= 11 is -6.22. The van der Waals surface area contributed by atoms with Crippen molar-refractivity contribution >= 4 is 22.7 Å². The van der Waals surface area contributed by atoms with Crippen LogP contribution in [0, 0.1) is 0 Å². The van der Waals surface area contributed by atoms with Gasteiger partial charge in [0.1, 0.15) is 0 Å². The summed E-state index contributed by atoms with van der Waals surface area (Å²) in [6.07, 6.45) is 0. The molecule has 0 bridgehead atoms. The van der Waals surface area contributed by atoms with Crippen LogP contribution in [-0.2, 0) is 22.7 Å². The van der Waals surface area contributed by atoms with Crippen molar-refractivity contribution in [2.24, 2.45) is 0 Å². The minimum atomic E-state index is -3.11. The minimum Gasteiger partial charge on any atom is -0.784 e. The fourth-order valence-corrected chi connectivity index (χ4v) is 0. The van der Waals surface area contributed by atoms with Crippen LogP contribution in [0.3, 0.4) is 0 Å². The van der Waals surface area contributed by atoms with E-state index in [-0.39, 0.29) is 29.6 Å². The summed E-state index contributed by atoms with van der Waals surface area (Å²) < 4.78 is 50.7. The Bertz CT molecular complexity index is 69.1. The van der Waals surface area contributed by atoms with Gasteiger partial charge in [0.2, 0.25) is 0 Å². The van der Waals surface area contributed by atoms with E-state index in [1.165, 1.54) is 0 Å². The Hall–Kier alpha value is 1.14. The van der Waals surface area contributed by atoms with Gasteiger partial charge in [-0.25, -0.2) is 0 Å². The minimum absolute atomic E-state index is 0. The van der Waals surface area contributed by atoms with Crippen molar-refractivity contribution in [1.29, 1.82) is 0 Å². The van der Waals surface area contributed by atoms with Crippen LogP contribution in [0.2, 0.25) is 0 Å². The van der Waals surface area contributed by atoms with Gasteiger partial charge in [-0.05, 0) is 0 Å². The van der Waals surface area contributed by atoms with Crippen molar-refractivity contribution < 1.29 is 56.2 Å². The Morgan fingerprint density at radius 1 is 0.778 bits per heavy atom. The monoisotopic (exact) mass is 183 g/mol. The average Bonchev–Trinajstić information content (AvgIpc) is 1.25. The Labute approximate surface area is 78.6 Å². The van der Waals surface area contributed by atoms with Gasteiger partial charge >= 0.3 is 29.6 Å². The molecule has 0 aromatic heterocycles. The van der Waals surface area contributed by atoms with Gasteiger partial charge in [0.15, 0.2) is 0 Å². The van der Waals surface area contributed by atoms with E-state index in [0.29, 0.717) is 0 Å². The summed E-state index contributed by atoms with van der Waals surface area (Å²) in [6.45, 7) is 0. The summed E-state index contributed by atoms with van der Waals surface area (Å²) in [5.74, 6) is 0. The summed E-state index contributed by atoms with van der Waals surface area (Å²) in [5.41, 5.74) is 0. The molecule has 0 fully saturated rings. The third-order valence-corrected chi connectivity index (χ3v) is 0. The molecule has 0 aliphatic heterocycles. The van der Waals surface area contributed by atoms with E-state index in [4.69, 9.17) is 26.6 Å². The van der Waals surface area contributed by atoms with Gasteiger partial charge < -0.3 is 18.2 Å². The van der Waals surface area contributed by atoms with Gasteiger partial charge in [-0.2, -0.15) is 0 Å². The van der Waals surface area contributed by atoms with Crippen LogP contribution >= 0.6 is 0 Å². The topological polar surface area (TPSA) is 126 Å². The molecule has 52 valence electrons. The zero-order valence-corrected chi connectivity index (χ0v) is 7.90. The first kappa shape index (κ1) is 16.6. The molecule has 0 unspecified atom stereocenters. The molecule has 0 amide bonds. The standard InChI is InChI=1S/Na.2H2O3S/c;2*1-4(2)3/h;2*(H2,1,2,3)/q+1;;/p-4. The zero-order valence-electron chi connectivity index (χ0n) is 4.27. The van der Waals surface area contributed by atoms with Crippen LogP contribution in [0.1, 0.15) is 0 Å². The third kappa shape index (κ3) is 359. The molecule has 0 aromatic carbocycles. The van der Waals surface area contributed by atoms with Crippen molar-refractivity contribution in [3.05, 3.63) is 0 Å². The molecular formula is NaO6S2-3. The molecular weight excluding hydrogens is 183 g/mol. The van der Waals surface area contributed by atoms with Crippen LogP contribution in [0.4, 0.5) is 0 Å². The second-order valence-electron chi connectivity index (χ2n) is 0.408. The maximum Gasteiger partial charge on any atom is 1.00 e. The van der Waals surface area contributed by atoms with Crippen molar-refractivity contribution in [3.63, 3.8) is 0 Å². The van der Waals surface area contributed by atoms with Gasteiger partial charge in [0.25, 0.3) is 0 Å².